The van der Waals surface area contributed by atoms with Crippen LogP contribution in [0, 0.1) is 17.8 Å². The number of alkyl halides is 3. The van der Waals surface area contributed by atoms with E-state index < -0.39 is 18.1 Å². The molecule has 1 aliphatic rings. The van der Waals surface area contributed by atoms with Crippen LogP contribution in [-0.4, -0.2) is 29.7 Å². The maximum atomic E-state index is 13.3. The molecule has 0 aromatic heterocycles. The van der Waals surface area contributed by atoms with Crippen molar-refractivity contribution in [1.29, 1.82) is 0 Å². The summed E-state index contributed by atoms with van der Waals surface area (Å²) in [4.78, 5) is 1.70. The second-order valence-corrected chi connectivity index (χ2v) is 6.36. The molecule has 0 amide bonds. The number of rotatable bonds is 6. The van der Waals surface area contributed by atoms with Crippen LogP contribution in [0.4, 0.5) is 13.2 Å². The Morgan fingerprint density at radius 3 is 1.78 bits per heavy atom. The van der Waals surface area contributed by atoms with Gasteiger partial charge in [-0.3, -0.25) is 4.90 Å². The van der Waals surface area contributed by atoms with Gasteiger partial charge >= 0.3 is 6.18 Å². The number of nitrogens with zero attached hydrogens (tertiary/aromatic N) is 1. The van der Waals surface area contributed by atoms with Crippen LogP contribution in [0.3, 0.4) is 0 Å². The van der Waals surface area contributed by atoms with E-state index in [-0.39, 0.29) is 12.0 Å². The molecule has 0 saturated heterocycles. The molecule has 0 bridgehead atoms. The Hall–Kier alpha value is -0.250. The van der Waals surface area contributed by atoms with E-state index in [1.807, 2.05) is 20.8 Å². The van der Waals surface area contributed by atoms with E-state index in [0.29, 0.717) is 12.5 Å². The molecule has 18 heavy (non-hydrogen) atoms. The van der Waals surface area contributed by atoms with Gasteiger partial charge in [-0.05, 0) is 37.5 Å². The normalized spacial score (nSPS) is 20.8. The van der Waals surface area contributed by atoms with Crippen LogP contribution in [0.1, 0.15) is 47.5 Å². The molecule has 1 rings (SSSR count). The summed E-state index contributed by atoms with van der Waals surface area (Å²) in [6.45, 7) is 9.86. The lowest BCUT2D eigenvalue weighted by Crippen LogP contribution is -2.54. The van der Waals surface area contributed by atoms with Crippen molar-refractivity contribution in [3.63, 3.8) is 0 Å². The standard InChI is InChI=1S/C14H26F3N/c1-9(2)11(5)18(8-12-6-7-12)13(10(3)4)14(15,16)17/h9-13H,6-8H2,1-5H3/t11-,13+/m1/s1. The zero-order chi connectivity index (χ0) is 14.1. The van der Waals surface area contributed by atoms with Crippen LogP contribution < -0.4 is 0 Å². The van der Waals surface area contributed by atoms with Gasteiger partial charge in [-0.25, -0.2) is 0 Å². The van der Waals surface area contributed by atoms with Crippen molar-refractivity contribution in [2.75, 3.05) is 6.54 Å². The first kappa shape index (κ1) is 15.8. The first-order valence-electron chi connectivity index (χ1n) is 6.97. The highest BCUT2D eigenvalue weighted by atomic mass is 19.4. The topological polar surface area (TPSA) is 3.24 Å². The molecule has 0 spiro atoms. The second-order valence-electron chi connectivity index (χ2n) is 6.36. The Morgan fingerprint density at radius 2 is 1.50 bits per heavy atom. The van der Waals surface area contributed by atoms with Crippen LogP contribution in [0.5, 0.6) is 0 Å². The van der Waals surface area contributed by atoms with Gasteiger partial charge in [-0.15, -0.1) is 0 Å². The molecule has 0 aromatic carbocycles. The summed E-state index contributed by atoms with van der Waals surface area (Å²) >= 11 is 0. The SMILES string of the molecule is CC(C)[C@@H](C)N(CC1CC1)[C@@H](C(C)C)C(F)(F)F. The fourth-order valence-electron chi connectivity index (χ4n) is 2.46. The van der Waals surface area contributed by atoms with Gasteiger partial charge in [0.25, 0.3) is 0 Å². The molecule has 0 unspecified atom stereocenters. The molecule has 4 heteroatoms. The number of hydrogen-bond acceptors (Lipinski definition) is 1. The van der Waals surface area contributed by atoms with Crippen molar-refractivity contribution in [2.24, 2.45) is 17.8 Å². The van der Waals surface area contributed by atoms with Crippen molar-refractivity contribution >= 4 is 0 Å². The highest BCUT2D eigenvalue weighted by Gasteiger charge is 2.48. The first-order valence-corrected chi connectivity index (χ1v) is 6.97. The van der Waals surface area contributed by atoms with Crippen LogP contribution in [0.15, 0.2) is 0 Å². The summed E-state index contributed by atoms with van der Waals surface area (Å²) in [6.07, 6.45) is -1.96. The molecule has 0 heterocycles. The third kappa shape index (κ3) is 4.15. The van der Waals surface area contributed by atoms with Gasteiger partial charge in [-0.2, -0.15) is 13.2 Å². The van der Waals surface area contributed by atoms with E-state index >= 15 is 0 Å². The molecule has 0 aromatic rings. The third-order valence-electron chi connectivity index (χ3n) is 3.98. The lowest BCUT2D eigenvalue weighted by molar-refractivity contribution is -0.203. The minimum Gasteiger partial charge on any atom is -0.289 e. The van der Waals surface area contributed by atoms with E-state index in [9.17, 15) is 13.2 Å². The van der Waals surface area contributed by atoms with Crippen molar-refractivity contribution in [2.45, 2.75) is 65.7 Å². The maximum Gasteiger partial charge on any atom is 0.404 e. The predicted octanol–water partition coefficient (Wildman–Crippen LogP) is 4.33. The summed E-state index contributed by atoms with van der Waals surface area (Å²) in [6, 6.07) is -1.34. The van der Waals surface area contributed by atoms with Gasteiger partial charge in [-0.1, -0.05) is 27.7 Å². The van der Waals surface area contributed by atoms with Crippen molar-refractivity contribution in [3.05, 3.63) is 0 Å². The summed E-state index contributed by atoms with van der Waals surface area (Å²) in [5, 5.41) is 0. The van der Waals surface area contributed by atoms with Gasteiger partial charge < -0.3 is 0 Å². The fourth-order valence-corrected chi connectivity index (χ4v) is 2.46. The molecule has 1 fully saturated rings. The fraction of sp³-hybridized carbons (Fsp3) is 1.00. The molecule has 1 saturated carbocycles. The summed E-state index contributed by atoms with van der Waals surface area (Å²) in [5.74, 6) is 0.326. The third-order valence-corrected chi connectivity index (χ3v) is 3.98. The molecule has 0 aliphatic heterocycles. The highest BCUT2D eigenvalue weighted by Crippen LogP contribution is 2.37. The number of hydrogen-bond donors (Lipinski definition) is 0. The molecular weight excluding hydrogens is 239 g/mol. The molecule has 2 atom stereocenters. The van der Waals surface area contributed by atoms with Crippen molar-refractivity contribution < 1.29 is 13.2 Å². The number of halogens is 3. The molecule has 108 valence electrons. The molecule has 1 nitrogen and oxygen atoms in total. The average molecular weight is 265 g/mol. The lowest BCUT2D eigenvalue weighted by Gasteiger charge is -2.41. The van der Waals surface area contributed by atoms with E-state index in [2.05, 4.69) is 0 Å². The van der Waals surface area contributed by atoms with Crippen LogP contribution in [0.2, 0.25) is 0 Å². The first-order chi connectivity index (χ1) is 8.14. The van der Waals surface area contributed by atoms with Gasteiger partial charge in [0.1, 0.15) is 6.04 Å². The van der Waals surface area contributed by atoms with E-state index in [1.165, 1.54) is 0 Å². The Bertz CT molecular complexity index is 256. The minimum atomic E-state index is -4.13. The average Bonchev–Trinajstić information content (AvgIpc) is 2.96. The Labute approximate surface area is 109 Å². The van der Waals surface area contributed by atoms with Gasteiger partial charge in [0.05, 0.1) is 0 Å². The largest absolute Gasteiger partial charge is 0.404 e. The van der Waals surface area contributed by atoms with Crippen LogP contribution in [0.25, 0.3) is 0 Å². The van der Waals surface area contributed by atoms with Crippen molar-refractivity contribution in [1.82, 2.24) is 4.90 Å². The smallest absolute Gasteiger partial charge is 0.289 e. The second kappa shape index (κ2) is 5.81. The van der Waals surface area contributed by atoms with Gasteiger partial charge in [0.2, 0.25) is 0 Å². The Morgan fingerprint density at radius 1 is 1.00 bits per heavy atom. The van der Waals surface area contributed by atoms with E-state index in [4.69, 9.17) is 0 Å². The lowest BCUT2D eigenvalue weighted by atomic mass is 9.95. The molecular formula is C14H26F3N. The highest BCUT2D eigenvalue weighted by molar-refractivity contribution is 4.89. The monoisotopic (exact) mass is 265 g/mol. The zero-order valence-electron chi connectivity index (χ0n) is 12.1. The minimum absolute atomic E-state index is 0.0281. The molecule has 0 radical (unpaired) electrons. The van der Waals surface area contributed by atoms with Crippen LogP contribution >= 0.6 is 0 Å². The van der Waals surface area contributed by atoms with E-state index in [0.717, 1.165) is 12.8 Å². The molecule has 1 aliphatic carbocycles. The zero-order valence-corrected chi connectivity index (χ0v) is 12.1. The summed E-state index contributed by atoms with van der Waals surface area (Å²) < 4.78 is 39.8. The Kier molecular flexibility index (Phi) is 5.10. The summed E-state index contributed by atoms with van der Waals surface area (Å²) in [7, 11) is 0. The van der Waals surface area contributed by atoms with Gasteiger partial charge in [0.15, 0.2) is 0 Å². The summed E-state index contributed by atoms with van der Waals surface area (Å²) in [5.41, 5.74) is 0. The van der Waals surface area contributed by atoms with Gasteiger partial charge in [0, 0.05) is 12.6 Å². The molecule has 0 N–H and O–H groups in total. The van der Waals surface area contributed by atoms with Crippen molar-refractivity contribution in [3.8, 4) is 0 Å². The Balaban J connectivity index is 2.89. The van der Waals surface area contributed by atoms with Crippen LogP contribution in [-0.2, 0) is 0 Å². The predicted molar refractivity (Wildman–Crippen MR) is 68.4 cm³/mol. The quantitative estimate of drug-likeness (QED) is 0.691. The maximum absolute atomic E-state index is 13.3. The van der Waals surface area contributed by atoms with E-state index in [1.54, 1.807) is 18.7 Å².